The normalized spacial score (nSPS) is 23.3. The zero-order valence-electron chi connectivity index (χ0n) is 8.63. The molecule has 0 spiro atoms. The molecule has 78 valence electrons. The van der Waals surface area contributed by atoms with E-state index in [0.29, 0.717) is 10.2 Å². The van der Waals surface area contributed by atoms with Gasteiger partial charge in [0.25, 0.3) is 0 Å². The van der Waals surface area contributed by atoms with Crippen molar-refractivity contribution < 1.29 is 0 Å². The van der Waals surface area contributed by atoms with Crippen molar-refractivity contribution in [2.24, 2.45) is 5.41 Å². The number of hydrogen-bond donors (Lipinski definition) is 0. The Morgan fingerprint density at radius 2 is 2.07 bits per heavy atom. The average Bonchev–Trinajstić information content (AvgIpc) is 2.70. The summed E-state index contributed by atoms with van der Waals surface area (Å²) in [4.78, 5) is 2.06. The van der Waals surface area contributed by atoms with E-state index in [1.165, 1.54) is 37.0 Å². The van der Waals surface area contributed by atoms with Crippen LogP contribution in [-0.2, 0) is 0 Å². The molecule has 1 aliphatic carbocycles. The standard InChI is InChI=1S/C12H17BrS/c1-12(7-3-2-4-8-12)11(13)10-6-5-9-14-10/h5-6,9,11H,2-4,7-8H2,1H3. The predicted octanol–water partition coefficient (Wildman–Crippen LogP) is 5.15. The van der Waals surface area contributed by atoms with E-state index in [2.05, 4.69) is 40.4 Å². The van der Waals surface area contributed by atoms with Crippen LogP contribution in [0.5, 0.6) is 0 Å². The van der Waals surface area contributed by atoms with Crippen LogP contribution in [0.4, 0.5) is 0 Å². The minimum absolute atomic E-state index is 0.489. The number of alkyl halides is 1. The molecule has 2 rings (SSSR count). The van der Waals surface area contributed by atoms with Crippen LogP contribution in [0.15, 0.2) is 17.5 Å². The summed E-state index contributed by atoms with van der Waals surface area (Å²) < 4.78 is 0. The number of halogens is 1. The maximum Gasteiger partial charge on any atom is 0.0542 e. The van der Waals surface area contributed by atoms with E-state index in [0.717, 1.165) is 0 Å². The molecule has 1 heterocycles. The van der Waals surface area contributed by atoms with Crippen molar-refractivity contribution in [1.82, 2.24) is 0 Å². The second-order valence-corrected chi connectivity index (χ2v) is 6.49. The van der Waals surface area contributed by atoms with Gasteiger partial charge in [-0.2, -0.15) is 0 Å². The quantitative estimate of drug-likeness (QED) is 0.653. The maximum atomic E-state index is 3.89. The van der Waals surface area contributed by atoms with Gasteiger partial charge in [0, 0.05) is 4.88 Å². The van der Waals surface area contributed by atoms with Gasteiger partial charge in [-0.1, -0.05) is 48.2 Å². The summed E-state index contributed by atoms with van der Waals surface area (Å²) >= 11 is 5.77. The fraction of sp³-hybridized carbons (Fsp3) is 0.667. The molecule has 14 heavy (non-hydrogen) atoms. The molecule has 1 saturated carbocycles. The average molecular weight is 273 g/mol. The number of hydrogen-bond acceptors (Lipinski definition) is 1. The van der Waals surface area contributed by atoms with Crippen LogP contribution in [0.25, 0.3) is 0 Å². The molecular weight excluding hydrogens is 256 g/mol. The highest BCUT2D eigenvalue weighted by Crippen LogP contribution is 2.51. The number of thiophene rings is 1. The van der Waals surface area contributed by atoms with E-state index < -0.39 is 0 Å². The van der Waals surface area contributed by atoms with Gasteiger partial charge in [-0.05, 0) is 29.7 Å². The Morgan fingerprint density at radius 3 is 2.64 bits per heavy atom. The van der Waals surface area contributed by atoms with Gasteiger partial charge in [0.15, 0.2) is 0 Å². The third-order valence-electron chi connectivity index (χ3n) is 3.40. The predicted molar refractivity (Wildman–Crippen MR) is 67.2 cm³/mol. The number of rotatable bonds is 2. The summed E-state index contributed by atoms with van der Waals surface area (Å²) in [5, 5.41) is 2.18. The summed E-state index contributed by atoms with van der Waals surface area (Å²) in [6, 6.07) is 4.41. The van der Waals surface area contributed by atoms with E-state index >= 15 is 0 Å². The van der Waals surface area contributed by atoms with E-state index in [4.69, 9.17) is 0 Å². The van der Waals surface area contributed by atoms with Crippen LogP contribution in [0.2, 0.25) is 0 Å². The van der Waals surface area contributed by atoms with Crippen molar-refractivity contribution in [2.75, 3.05) is 0 Å². The molecule has 1 atom stereocenters. The van der Waals surface area contributed by atoms with Crippen LogP contribution in [0.3, 0.4) is 0 Å². The first-order valence-corrected chi connectivity index (χ1v) is 7.19. The van der Waals surface area contributed by atoms with Crippen molar-refractivity contribution in [1.29, 1.82) is 0 Å². The largest absolute Gasteiger partial charge is 0.148 e. The lowest BCUT2D eigenvalue weighted by Crippen LogP contribution is -2.24. The highest BCUT2D eigenvalue weighted by atomic mass is 79.9. The molecule has 1 unspecified atom stereocenters. The van der Waals surface area contributed by atoms with Crippen LogP contribution >= 0.6 is 27.3 Å². The lowest BCUT2D eigenvalue weighted by atomic mass is 9.73. The molecular formula is C12H17BrS. The lowest BCUT2D eigenvalue weighted by Gasteiger charge is -2.37. The minimum atomic E-state index is 0.489. The van der Waals surface area contributed by atoms with Crippen molar-refractivity contribution in [2.45, 2.75) is 43.9 Å². The monoisotopic (exact) mass is 272 g/mol. The summed E-state index contributed by atoms with van der Waals surface area (Å²) in [5.74, 6) is 0. The van der Waals surface area contributed by atoms with Gasteiger partial charge in [0.1, 0.15) is 0 Å². The molecule has 0 bridgehead atoms. The fourth-order valence-corrected chi connectivity index (χ4v) is 4.20. The fourth-order valence-electron chi connectivity index (χ4n) is 2.39. The maximum absolute atomic E-state index is 3.89. The van der Waals surface area contributed by atoms with Gasteiger partial charge < -0.3 is 0 Å². The summed E-state index contributed by atoms with van der Waals surface area (Å²) in [7, 11) is 0. The zero-order valence-corrected chi connectivity index (χ0v) is 11.0. The highest BCUT2D eigenvalue weighted by Gasteiger charge is 2.35. The molecule has 0 aromatic carbocycles. The van der Waals surface area contributed by atoms with E-state index in [-0.39, 0.29) is 0 Å². The highest BCUT2D eigenvalue weighted by molar-refractivity contribution is 9.09. The molecule has 1 aromatic rings. The first-order chi connectivity index (χ1) is 6.72. The summed E-state index contributed by atoms with van der Waals surface area (Å²) in [6.45, 7) is 2.44. The zero-order chi connectivity index (χ0) is 10.0. The Labute approximate surface area is 98.9 Å². The first kappa shape index (κ1) is 10.7. The van der Waals surface area contributed by atoms with Gasteiger partial charge in [-0.25, -0.2) is 0 Å². The summed E-state index contributed by atoms with van der Waals surface area (Å²) in [6.07, 6.45) is 7.00. The van der Waals surface area contributed by atoms with Gasteiger partial charge in [0.05, 0.1) is 4.83 Å². The van der Waals surface area contributed by atoms with Gasteiger partial charge in [-0.15, -0.1) is 11.3 Å². The SMILES string of the molecule is CC1(C(Br)c2cccs2)CCCCC1. The molecule has 1 aromatic heterocycles. The van der Waals surface area contributed by atoms with Gasteiger partial charge in [0.2, 0.25) is 0 Å². The molecule has 0 aliphatic heterocycles. The molecule has 0 N–H and O–H groups in total. The Balaban J connectivity index is 2.13. The second kappa shape index (κ2) is 4.36. The van der Waals surface area contributed by atoms with Gasteiger partial charge >= 0.3 is 0 Å². The van der Waals surface area contributed by atoms with Gasteiger partial charge in [-0.3, -0.25) is 0 Å². The third kappa shape index (κ3) is 2.06. The van der Waals surface area contributed by atoms with Crippen LogP contribution < -0.4 is 0 Å². The molecule has 0 nitrogen and oxygen atoms in total. The molecule has 0 saturated heterocycles. The molecule has 0 radical (unpaired) electrons. The van der Waals surface area contributed by atoms with E-state index in [1.54, 1.807) is 0 Å². The van der Waals surface area contributed by atoms with Crippen molar-refractivity contribution in [3.8, 4) is 0 Å². The smallest absolute Gasteiger partial charge is 0.0542 e. The van der Waals surface area contributed by atoms with Crippen LogP contribution in [-0.4, -0.2) is 0 Å². The Hall–Kier alpha value is 0.180. The van der Waals surface area contributed by atoms with Crippen LogP contribution in [0.1, 0.15) is 48.7 Å². The van der Waals surface area contributed by atoms with Crippen molar-refractivity contribution >= 4 is 27.3 Å². The molecule has 0 amide bonds. The Morgan fingerprint density at radius 1 is 1.36 bits per heavy atom. The first-order valence-electron chi connectivity index (χ1n) is 5.40. The van der Waals surface area contributed by atoms with E-state index in [1.807, 2.05) is 11.3 Å². The summed E-state index contributed by atoms with van der Waals surface area (Å²) in [5.41, 5.74) is 0.489. The molecule has 1 aliphatic rings. The molecule has 1 fully saturated rings. The lowest BCUT2D eigenvalue weighted by molar-refractivity contribution is 0.214. The second-order valence-electron chi connectivity index (χ2n) is 4.59. The Kier molecular flexibility index (Phi) is 3.33. The molecule has 2 heteroatoms. The van der Waals surface area contributed by atoms with Crippen LogP contribution in [0, 0.1) is 5.41 Å². The minimum Gasteiger partial charge on any atom is -0.148 e. The van der Waals surface area contributed by atoms with Crippen molar-refractivity contribution in [3.63, 3.8) is 0 Å². The topological polar surface area (TPSA) is 0 Å². The Bertz CT molecular complexity index is 273. The van der Waals surface area contributed by atoms with E-state index in [9.17, 15) is 0 Å². The van der Waals surface area contributed by atoms with Crippen molar-refractivity contribution in [3.05, 3.63) is 22.4 Å². The third-order valence-corrected chi connectivity index (χ3v) is 6.24.